The third kappa shape index (κ3) is 3.04. The van der Waals surface area contributed by atoms with Crippen LogP contribution in [-0.4, -0.2) is 5.91 Å². The van der Waals surface area contributed by atoms with Crippen LogP contribution in [-0.2, 0) is 0 Å². The first-order chi connectivity index (χ1) is 8.77. The van der Waals surface area contributed by atoms with Crippen molar-refractivity contribution in [3.63, 3.8) is 0 Å². The molecular weight excluding hydrogens is 229 g/mol. The lowest BCUT2D eigenvalue weighted by Gasteiger charge is -1.99. The Morgan fingerprint density at radius 3 is 2.39 bits per heavy atom. The van der Waals surface area contributed by atoms with E-state index in [2.05, 4.69) is 5.32 Å². The molecule has 2 aromatic carbocycles. The molecule has 1 amide bonds. The summed E-state index contributed by atoms with van der Waals surface area (Å²) in [5.41, 5.74) is 1.00. The van der Waals surface area contributed by atoms with Gasteiger partial charge in [-0.3, -0.25) is 4.79 Å². The molecule has 90 valence electrons. The zero-order valence-corrected chi connectivity index (χ0v) is 9.64. The Labute approximate surface area is 105 Å². The molecule has 0 atom stereocenters. The molecule has 0 aliphatic heterocycles. The molecule has 0 saturated carbocycles. The second-order valence-corrected chi connectivity index (χ2v) is 3.69. The van der Waals surface area contributed by atoms with Crippen molar-refractivity contribution < 1.29 is 9.18 Å². The largest absolute Gasteiger partial charge is 0.329 e. The molecule has 0 radical (unpaired) electrons. The number of hydrogen-bond acceptors (Lipinski definition) is 1. The van der Waals surface area contributed by atoms with Crippen molar-refractivity contribution in [3.8, 4) is 0 Å². The molecule has 0 fully saturated rings. The minimum absolute atomic E-state index is 0.219. The molecule has 0 saturated heterocycles. The van der Waals surface area contributed by atoms with Crippen LogP contribution in [0.3, 0.4) is 0 Å². The molecule has 0 unspecified atom stereocenters. The van der Waals surface area contributed by atoms with Gasteiger partial charge in [0.1, 0.15) is 5.82 Å². The van der Waals surface area contributed by atoms with Gasteiger partial charge in [-0.1, -0.05) is 36.4 Å². The van der Waals surface area contributed by atoms with E-state index in [4.69, 9.17) is 0 Å². The zero-order valence-electron chi connectivity index (χ0n) is 9.64. The summed E-state index contributed by atoms with van der Waals surface area (Å²) in [4.78, 5) is 11.7. The van der Waals surface area contributed by atoms with Crippen LogP contribution in [0.4, 0.5) is 4.39 Å². The van der Waals surface area contributed by atoms with Crippen LogP contribution in [0.1, 0.15) is 15.9 Å². The van der Waals surface area contributed by atoms with Crippen molar-refractivity contribution in [2.75, 3.05) is 0 Å². The SMILES string of the molecule is O=C(N/C=C/c1ccccc1F)c1ccccc1. The van der Waals surface area contributed by atoms with Gasteiger partial charge in [-0.05, 0) is 24.3 Å². The lowest BCUT2D eigenvalue weighted by molar-refractivity contribution is 0.0970. The van der Waals surface area contributed by atoms with Crippen LogP contribution in [0.2, 0.25) is 0 Å². The summed E-state index contributed by atoms with van der Waals surface area (Å²) < 4.78 is 13.3. The molecule has 3 heteroatoms. The number of amides is 1. The second-order valence-electron chi connectivity index (χ2n) is 3.69. The molecule has 2 nitrogen and oxygen atoms in total. The molecule has 2 aromatic rings. The zero-order chi connectivity index (χ0) is 12.8. The van der Waals surface area contributed by atoms with Gasteiger partial charge in [-0.2, -0.15) is 0 Å². The highest BCUT2D eigenvalue weighted by Crippen LogP contribution is 2.07. The maximum absolute atomic E-state index is 13.3. The van der Waals surface area contributed by atoms with Crippen molar-refractivity contribution in [2.24, 2.45) is 0 Å². The molecule has 0 bridgehead atoms. The van der Waals surface area contributed by atoms with E-state index in [1.165, 1.54) is 18.3 Å². The predicted molar refractivity (Wildman–Crippen MR) is 69.3 cm³/mol. The molecule has 0 heterocycles. The summed E-state index contributed by atoms with van der Waals surface area (Å²) in [6, 6.07) is 15.2. The van der Waals surface area contributed by atoms with Crippen LogP contribution in [0.15, 0.2) is 60.8 Å². The Morgan fingerprint density at radius 2 is 1.67 bits per heavy atom. The van der Waals surface area contributed by atoms with E-state index in [1.807, 2.05) is 6.07 Å². The molecule has 0 aromatic heterocycles. The third-order valence-corrected chi connectivity index (χ3v) is 2.42. The number of halogens is 1. The molecular formula is C15H12FNO. The standard InChI is InChI=1S/C15H12FNO/c16-14-9-5-4-6-12(14)10-11-17-15(18)13-7-2-1-3-8-13/h1-11H,(H,17,18)/b11-10+. The molecule has 0 spiro atoms. The summed E-state index contributed by atoms with van der Waals surface area (Å²) in [5, 5.41) is 2.59. The van der Waals surface area contributed by atoms with Crippen molar-refractivity contribution in [2.45, 2.75) is 0 Å². The van der Waals surface area contributed by atoms with Crippen LogP contribution < -0.4 is 5.32 Å². The van der Waals surface area contributed by atoms with Gasteiger partial charge in [-0.15, -0.1) is 0 Å². The predicted octanol–water partition coefficient (Wildman–Crippen LogP) is 3.23. The first-order valence-corrected chi connectivity index (χ1v) is 5.54. The summed E-state index contributed by atoms with van der Waals surface area (Å²) in [6.07, 6.45) is 2.96. The number of nitrogens with one attached hydrogen (secondary N) is 1. The van der Waals surface area contributed by atoms with Gasteiger partial charge in [-0.25, -0.2) is 4.39 Å². The highest BCUT2D eigenvalue weighted by molar-refractivity contribution is 5.95. The fraction of sp³-hybridized carbons (Fsp3) is 0. The quantitative estimate of drug-likeness (QED) is 0.878. The van der Waals surface area contributed by atoms with Gasteiger partial charge in [0.2, 0.25) is 0 Å². The summed E-state index contributed by atoms with van der Waals surface area (Å²) >= 11 is 0. The molecule has 0 aliphatic rings. The lowest BCUT2D eigenvalue weighted by Crippen LogP contribution is -2.16. The van der Waals surface area contributed by atoms with E-state index in [9.17, 15) is 9.18 Å². The number of carbonyl (C=O) groups is 1. The van der Waals surface area contributed by atoms with Gasteiger partial charge in [0, 0.05) is 17.3 Å². The van der Waals surface area contributed by atoms with E-state index in [0.29, 0.717) is 11.1 Å². The highest BCUT2D eigenvalue weighted by atomic mass is 19.1. The number of carbonyl (C=O) groups excluding carboxylic acids is 1. The first kappa shape index (κ1) is 12.0. The van der Waals surface area contributed by atoms with Crippen LogP contribution in [0.5, 0.6) is 0 Å². The van der Waals surface area contributed by atoms with Crippen molar-refractivity contribution in [1.29, 1.82) is 0 Å². The smallest absolute Gasteiger partial charge is 0.255 e. The summed E-state index contributed by atoms with van der Waals surface area (Å²) in [5.74, 6) is -0.536. The Bertz CT molecular complexity index is 564. The third-order valence-electron chi connectivity index (χ3n) is 2.42. The van der Waals surface area contributed by atoms with E-state index >= 15 is 0 Å². The topological polar surface area (TPSA) is 29.1 Å². The molecule has 2 rings (SSSR count). The van der Waals surface area contributed by atoms with Crippen molar-refractivity contribution >= 4 is 12.0 Å². The number of rotatable bonds is 3. The first-order valence-electron chi connectivity index (χ1n) is 5.54. The van der Waals surface area contributed by atoms with Crippen LogP contribution in [0, 0.1) is 5.82 Å². The van der Waals surface area contributed by atoms with Gasteiger partial charge in [0.05, 0.1) is 0 Å². The number of benzene rings is 2. The number of hydrogen-bond donors (Lipinski definition) is 1. The van der Waals surface area contributed by atoms with Gasteiger partial charge in [0.25, 0.3) is 5.91 Å². The van der Waals surface area contributed by atoms with E-state index < -0.39 is 0 Å². The molecule has 1 N–H and O–H groups in total. The highest BCUT2D eigenvalue weighted by Gasteiger charge is 2.01. The Morgan fingerprint density at radius 1 is 1.00 bits per heavy atom. The van der Waals surface area contributed by atoms with Crippen molar-refractivity contribution in [3.05, 3.63) is 77.7 Å². The Kier molecular flexibility index (Phi) is 3.86. The Balaban J connectivity index is 2.00. The normalized spacial score (nSPS) is 10.5. The van der Waals surface area contributed by atoms with E-state index in [1.54, 1.807) is 42.5 Å². The van der Waals surface area contributed by atoms with Gasteiger partial charge < -0.3 is 5.32 Å². The monoisotopic (exact) mass is 241 g/mol. The molecule has 0 aliphatic carbocycles. The fourth-order valence-electron chi connectivity index (χ4n) is 1.49. The maximum Gasteiger partial charge on any atom is 0.255 e. The minimum atomic E-state index is -0.317. The lowest BCUT2D eigenvalue weighted by atomic mass is 10.2. The Hall–Kier alpha value is -2.42. The van der Waals surface area contributed by atoms with Gasteiger partial charge >= 0.3 is 0 Å². The van der Waals surface area contributed by atoms with E-state index in [0.717, 1.165) is 0 Å². The minimum Gasteiger partial charge on any atom is -0.329 e. The van der Waals surface area contributed by atoms with Gasteiger partial charge in [0.15, 0.2) is 0 Å². The average Bonchev–Trinajstić information content (AvgIpc) is 2.42. The second kappa shape index (κ2) is 5.77. The average molecular weight is 241 g/mol. The molecule has 18 heavy (non-hydrogen) atoms. The summed E-state index contributed by atoms with van der Waals surface area (Å²) in [6.45, 7) is 0. The van der Waals surface area contributed by atoms with Crippen LogP contribution in [0.25, 0.3) is 6.08 Å². The fourth-order valence-corrected chi connectivity index (χ4v) is 1.49. The summed E-state index contributed by atoms with van der Waals surface area (Å²) in [7, 11) is 0. The van der Waals surface area contributed by atoms with Crippen LogP contribution >= 0.6 is 0 Å². The van der Waals surface area contributed by atoms with Crippen molar-refractivity contribution in [1.82, 2.24) is 5.32 Å². The maximum atomic E-state index is 13.3. The van der Waals surface area contributed by atoms with E-state index in [-0.39, 0.29) is 11.7 Å².